The average Bonchev–Trinajstić information content (AvgIpc) is 4.21. The second-order valence-electron chi connectivity index (χ2n) is 15.5. The summed E-state index contributed by atoms with van der Waals surface area (Å²) in [6, 6.07) is 21.8. The second-order valence-corrected chi connectivity index (χ2v) is 19.0. The van der Waals surface area contributed by atoms with Gasteiger partial charge in [-0.25, -0.2) is 15.0 Å². The number of nitrogens with zero attached hydrogens (tertiary/aromatic N) is 8. The van der Waals surface area contributed by atoms with E-state index in [4.69, 9.17) is 19.9 Å². The van der Waals surface area contributed by atoms with E-state index in [2.05, 4.69) is 87.4 Å². The van der Waals surface area contributed by atoms with Crippen LogP contribution in [0.3, 0.4) is 0 Å². The number of thiocarbonyl (C=S) groups is 1. The van der Waals surface area contributed by atoms with Gasteiger partial charge in [0.25, 0.3) is 12.9 Å². The Hall–Kier alpha value is -6.01. The number of isothiocyanates is 1. The zero-order valence-electron chi connectivity index (χ0n) is 38.8. The van der Waals surface area contributed by atoms with Crippen LogP contribution in [0.15, 0.2) is 96.8 Å². The van der Waals surface area contributed by atoms with Gasteiger partial charge in [-0.2, -0.15) is 18.3 Å². The van der Waals surface area contributed by atoms with E-state index in [1.54, 1.807) is 65.4 Å². The molecule has 0 bridgehead atoms. The fraction of sp³-hybridized carbons (Fsp3) is 0.275. The second kappa shape index (κ2) is 28.1. The molecule has 0 amide bonds. The molecule has 0 unspecified atom stereocenters. The van der Waals surface area contributed by atoms with Crippen molar-refractivity contribution in [3.05, 3.63) is 124 Å². The predicted molar refractivity (Wildman–Crippen MR) is 274 cm³/mol. The Bertz CT molecular complexity index is 3000. The monoisotopic (exact) mass is 1120 g/mol. The fourth-order valence-electron chi connectivity index (χ4n) is 7.26. The standard InChI is InChI=1S/C32H29N3O4S2.C18H18F3N4S.CNS.Ru/c1-3-4-5-6-7-23-14-21(2)40-32(23)31-9-8-30(41-31)22-10-12-33-26(15-22)28-17-25(39-20-37)18-29(35-28)27-16-24(38-19-36)11-13-34-27;1-2-3-4-5-6-12-8-10-26-16(12)13-7-9-22-17(23-13)14-11-15(25-24-14)18(19,20)21;2-1-3;/h8-20H,3-7H2,1-2H3;7-11H,2-6H2,1H3;;/q;2*-1;+2. The molecule has 0 spiro atoms. The summed E-state index contributed by atoms with van der Waals surface area (Å²) in [7, 11) is 0. The maximum atomic E-state index is 12.7. The fourth-order valence-corrected chi connectivity index (χ4v) is 10.4. The Morgan fingerprint density at radius 1 is 0.690 bits per heavy atom. The smallest absolute Gasteiger partial charge is 0.753 e. The molecule has 0 N–H and O–H groups in total. The number of ether oxygens (including phenoxy) is 2. The Morgan fingerprint density at radius 3 is 1.97 bits per heavy atom. The first kappa shape index (κ1) is 55.9. The minimum absolute atomic E-state index is 0. The number of hydrogen-bond acceptors (Lipinski definition) is 14. The van der Waals surface area contributed by atoms with Gasteiger partial charge in [0.1, 0.15) is 23.0 Å². The molecule has 71 heavy (non-hydrogen) atoms. The molecule has 0 aliphatic rings. The molecule has 12 nitrogen and oxygen atoms in total. The third-order valence-corrected chi connectivity index (χ3v) is 13.9. The predicted octanol–water partition coefficient (Wildman–Crippen LogP) is 14.2. The first-order valence-electron chi connectivity index (χ1n) is 22.3. The Labute approximate surface area is 439 Å². The van der Waals surface area contributed by atoms with Crippen molar-refractivity contribution in [1.82, 2.24) is 35.1 Å². The van der Waals surface area contributed by atoms with Crippen molar-refractivity contribution < 1.29 is 51.7 Å². The van der Waals surface area contributed by atoms with Crippen LogP contribution in [-0.2, 0) is 48.1 Å². The van der Waals surface area contributed by atoms with Crippen LogP contribution in [0.5, 0.6) is 11.5 Å². The molecule has 8 heterocycles. The van der Waals surface area contributed by atoms with Gasteiger partial charge in [0.15, 0.2) is 0 Å². The summed E-state index contributed by atoms with van der Waals surface area (Å²) in [6.45, 7) is 7.31. The van der Waals surface area contributed by atoms with E-state index in [0.717, 1.165) is 40.6 Å². The molecule has 0 fully saturated rings. The molecular formula is C51H47F3N8O4RuS4. The molecule has 0 aromatic carbocycles. The Kier molecular flexibility index (Phi) is 22.2. The van der Waals surface area contributed by atoms with Gasteiger partial charge >= 0.3 is 25.7 Å². The van der Waals surface area contributed by atoms with E-state index in [-0.39, 0.29) is 31.0 Å². The zero-order valence-corrected chi connectivity index (χ0v) is 43.8. The van der Waals surface area contributed by atoms with Crippen LogP contribution in [-0.4, -0.2) is 48.1 Å². The van der Waals surface area contributed by atoms with Gasteiger partial charge in [-0.05, 0) is 109 Å². The summed E-state index contributed by atoms with van der Waals surface area (Å²) in [5, 5.41) is 17.2. The van der Waals surface area contributed by atoms with Crippen LogP contribution in [0.2, 0.25) is 0 Å². The molecule has 0 aliphatic heterocycles. The Balaban J connectivity index is 0.000000269. The third kappa shape index (κ3) is 16.0. The number of alkyl halides is 3. The van der Waals surface area contributed by atoms with Crippen LogP contribution in [0.4, 0.5) is 13.2 Å². The zero-order chi connectivity index (χ0) is 49.9. The van der Waals surface area contributed by atoms with Gasteiger partial charge in [-0.1, -0.05) is 70.3 Å². The summed E-state index contributed by atoms with van der Waals surface area (Å²) < 4.78 is 48.2. The van der Waals surface area contributed by atoms with Crippen LogP contribution in [0.1, 0.15) is 86.9 Å². The van der Waals surface area contributed by atoms with Crippen molar-refractivity contribution in [3.63, 3.8) is 0 Å². The van der Waals surface area contributed by atoms with Crippen molar-refractivity contribution in [2.75, 3.05) is 0 Å². The summed E-state index contributed by atoms with van der Waals surface area (Å²) in [4.78, 5) is 50.2. The number of hydrogen-bond donors (Lipinski definition) is 0. The third-order valence-electron chi connectivity index (χ3n) is 10.5. The molecule has 0 atom stereocenters. The van der Waals surface area contributed by atoms with E-state index < -0.39 is 11.9 Å². The first-order chi connectivity index (χ1) is 34.0. The molecule has 8 rings (SSSR count). The minimum atomic E-state index is -4.53. The average molecular weight is 1120 g/mol. The molecule has 0 saturated heterocycles. The molecular weight excluding hydrogens is 1070 g/mol. The number of aromatic nitrogens is 7. The number of rotatable bonds is 20. The maximum Gasteiger partial charge on any atom is 2.00 e. The van der Waals surface area contributed by atoms with Gasteiger partial charge in [0.05, 0.1) is 33.3 Å². The van der Waals surface area contributed by atoms with Crippen LogP contribution >= 0.6 is 46.2 Å². The maximum absolute atomic E-state index is 12.7. The topological polar surface area (TPSA) is 166 Å². The molecule has 20 heteroatoms. The number of pyridine rings is 3. The van der Waals surface area contributed by atoms with Gasteiger partial charge in [-0.3, -0.25) is 19.6 Å². The van der Waals surface area contributed by atoms with Crippen LogP contribution in [0, 0.1) is 6.92 Å². The van der Waals surface area contributed by atoms with Crippen LogP contribution < -0.4 is 14.6 Å². The summed E-state index contributed by atoms with van der Waals surface area (Å²) in [6.07, 6.45) is 12.1. The first-order valence-corrected chi connectivity index (χ1v) is 25.2. The van der Waals surface area contributed by atoms with Crippen molar-refractivity contribution >= 4 is 64.3 Å². The van der Waals surface area contributed by atoms with Crippen molar-refractivity contribution in [1.29, 1.82) is 0 Å². The summed E-state index contributed by atoms with van der Waals surface area (Å²) in [5.74, 6) is 0.776. The molecule has 368 valence electrons. The summed E-state index contributed by atoms with van der Waals surface area (Å²) in [5.41, 5.74) is 5.41. The van der Waals surface area contributed by atoms with Crippen LogP contribution in [0.25, 0.3) is 70.5 Å². The van der Waals surface area contributed by atoms with E-state index in [0.29, 0.717) is 52.9 Å². The van der Waals surface area contributed by atoms with Crippen molar-refractivity contribution in [3.8, 4) is 76.6 Å². The van der Waals surface area contributed by atoms with E-state index in [9.17, 15) is 22.8 Å². The van der Waals surface area contributed by atoms with Gasteiger partial charge in [0.2, 0.25) is 0 Å². The van der Waals surface area contributed by atoms with Gasteiger partial charge in [-0.15, -0.1) is 34.0 Å². The number of carbonyl (C=O) groups excluding carboxylic acids is 2. The molecule has 8 aromatic heterocycles. The molecule has 0 aliphatic carbocycles. The SMILES string of the molecule is CCCCCCc1cc(C)sc1-c1ccc(-c2ccnc(-c3cc(OC=O)cc(-c4cc(OC=O)ccn4)n3)c2)s1.CCCCCCc1ccsc1-c1ccnc(-c2cc(C(F)(F)F)n[n-]2)n1.[N-]=C=S.[Ru+2]. The quantitative estimate of drug-likeness (QED) is 0.0233. The van der Waals surface area contributed by atoms with Gasteiger partial charge in [0, 0.05) is 56.3 Å². The number of halogens is 3. The van der Waals surface area contributed by atoms with Crippen molar-refractivity contribution in [2.45, 2.75) is 91.2 Å². The number of unbranched alkanes of at least 4 members (excludes halogenated alkanes) is 6. The number of aryl methyl sites for hydroxylation is 3. The van der Waals surface area contributed by atoms with Crippen molar-refractivity contribution in [2.24, 2.45) is 0 Å². The normalized spacial score (nSPS) is 10.7. The van der Waals surface area contributed by atoms with E-state index >= 15 is 0 Å². The Morgan fingerprint density at radius 2 is 1.31 bits per heavy atom. The largest absolute Gasteiger partial charge is 2.00 e. The van der Waals surface area contributed by atoms with Gasteiger partial charge < -0.3 is 25.1 Å². The summed E-state index contributed by atoms with van der Waals surface area (Å²) >= 11 is 8.90. The minimum Gasteiger partial charge on any atom is -0.753 e. The van der Waals surface area contributed by atoms with E-state index in [1.165, 1.54) is 82.1 Å². The number of thiophene rings is 3. The number of carbonyl (C=O) groups is 2. The molecule has 0 saturated carbocycles. The van der Waals surface area contributed by atoms with E-state index in [1.807, 2.05) is 28.8 Å². The molecule has 0 radical (unpaired) electrons. The molecule has 8 aromatic rings.